The topological polar surface area (TPSA) is 4.93 Å². The third kappa shape index (κ3) is 2.25. The Morgan fingerprint density at radius 2 is 1.95 bits per heavy atom. The molecule has 19 heavy (non-hydrogen) atoms. The lowest BCUT2D eigenvalue weighted by atomic mass is 9.93. The molecule has 0 amide bonds. The maximum absolute atomic E-state index is 4.24. The fourth-order valence-corrected chi connectivity index (χ4v) is 3.08. The minimum Gasteiger partial charge on any atom is -0.344 e. The zero-order valence-electron chi connectivity index (χ0n) is 11.7. The van der Waals surface area contributed by atoms with Crippen molar-refractivity contribution in [3.63, 3.8) is 0 Å². The summed E-state index contributed by atoms with van der Waals surface area (Å²) in [6, 6.07) is 13.1. The second-order valence-corrected chi connectivity index (χ2v) is 5.38. The van der Waals surface area contributed by atoms with Crippen LogP contribution in [0.5, 0.6) is 0 Å². The third-order valence-electron chi connectivity index (χ3n) is 4.11. The molecule has 1 aliphatic rings. The molecule has 1 heteroatoms. The van der Waals surface area contributed by atoms with Crippen LogP contribution in [0.25, 0.3) is 5.57 Å². The van der Waals surface area contributed by atoms with Crippen LogP contribution in [0.4, 0.5) is 0 Å². The molecule has 0 fully saturated rings. The summed E-state index contributed by atoms with van der Waals surface area (Å²) in [6.07, 6.45) is 4.69. The highest BCUT2D eigenvalue weighted by molar-refractivity contribution is 5.68. The van der Waals surface area contributed by atoms with E-state index >= 15 is 0 Å². The van der Waals surface area contributed by atoms with Gasteiger partial charge in [-0.05, 0) is 48.4 Å². The number of hydrogen-bond acceptors (Lipinski definition) is 0. The first-order chi connectivity index (χ1) is 9.29. The Hall–Kier alpha value is -1.76. The quantitative estimate of drug-likeness (QED) is 0.759. The monoisotopic (exact) mass is 251 g/mol. The van der Waals surface area contributed by atoms with Gasteiger partial charge in [0.15, 0.2) is 0 Å². The van der Waals surface area contributed by atoms with Gasteiger partial charge in [0.05, 0.1) is 0 Å². The normalized spacial score (nSPS) is 14.5. The first-order valence-electron chi connectivity index (χ1n) is 7.23. The van der Waals surface area contributed by atoms with E-state index < -0.39 is 0 Å². The average molecular weight is 251 g/mol. The van der Waals surface area contributed by atoms with Crippen LogP contribution in [0, 0.1) is 0 Å². The summed E-state index contributed by atoms with van der Waals surface area (Å²) < 4.78 is 2.51. The number of fused-ring (bicyclic) bond motifs is 1. The summed E-state index contributed by atoms with van der Waals surface area (Å²) in [7, 11) is 0. The lowest BCUT2D eigenvalue weighted by Gasteiger charge is -2.18. The van der Waals surface area contributed by atoms with Gasteiger partial charge in [0.2, 0.25) is 0 Å². The molecule has 1 aromatic heterocycles. The van der Waals surface area contributed by atoms with Crippen molar-refractivity contribution >= 4 is 5.57 Å². The molecule has 0 unspecified atom stereocenters. The first-order valence-corrected chi connectivity index (χ1v) is 7.23. The number of benzene rings is 1. The van der Waals surface area contributed by atoms with Crippen LogP contribution in [0.2, 0.25) is 0 Å². The predicted molar refractivity (Wildman–Crippen MR) is 81.3 cm³/mol. The molecule has 0 atom stereocenters. The van der Waals surface area contributed by atoms with Gasteiger partial charge < -0.3 is 4.57 Å². The summed E-state index contributed by atoms with van der Waals surface area (Å²) in [6.45, 7) is 7.47. The van der Waals surface area contributed by atoms with Crippen LogP contribution in [0.1, 0.15) is 42.3 Å². The van der Waals surface area contributed by atoms with Crippen molar-refractivity contribution in [1.82, 2.24) is 4.57 Å². The number of aromatic nitrogens is 1. The molecular weight excluding hydrogens is 230 g/mol. The molecule has 0 saturated heterocycles. The highest BCUT2D eigenvalue weighted by Crippen LogP contribution is 2.32. The van der Waals surface area contributed by atoms with E-state index in [2.05, 4.69) is 54.5 Å². The number of hydrogen-bond donors (Lipinski definition) is 0. The van der Waals surface area contributed by atoms with Crippen LogP contribution in [-0.4, -0.2) is 4.57 Å². The molecule has 98 valence electrons. The minimum absolute atomic E-state index is 0.993. The van der Waals surface area contributed by atoms with Crippen molar-refractivity contribution in [3.8, 4) is 0 Å². The molecule has 0 spiro atoms. The van der Waals surface area contributed by atoms with E-state index in [1.54, 1.807) is 0 Å². The van der Waals surface area contributed by atoms with E-state index in [0.717, 1.165) is 19.4 Å². The number of allylic oxidation sites excluding steroid dienone is 1. The minimum atomic E-state index is 0.993. The van der Waals surface area contributed by atoms with Crippen LogP contribution in [-0.2, 0) is 19.4 Å². The summed E-state index contributed by atoms with van der Waals surface area (Å²) in [5, 5.41) is 0. The van der Waals surface area contributed by atoms with E-state index in [9.17, 15) is 0 Å². The summed E-state index contributed by atoms with van der Waals surface area (Å²) in [4.78, 5) is 0. The highest BCUT2D eigenvalue weighted by atomic mass is 15.0. The van der Waals surface area contributed by atoms with Crippen molar-refractivity contribution in [2.24, 2.45) is 0 Å². The van der Waals surface area contributed by atoms with Gasteiger partial charge in [0, 0.05) is 17.9 Å². The molecule has 1 nitrogen and oxygen atoms in total. The van der Waals surface area contributed by atoms with Gasteiger partial charge in [-0.2, -0.15) is 0 Å². The Balaban J connectivity index is 2.02. The second kappa shape index (κ2) is 5.08. The first kappa shape index (κ1) is 12.3. The van der Waals surface area contributed by atoms with Gasteiger partial charge >= 0.3 is 0 Å². The molecule has 0 bridgehead atoms. The molecule has 0 N–H and O–H groups in total. The van der Waals surface area contributed by atoms with Crippen molar-refractivity contribution in [3.05, 3.63) is 65.5 Å². The standard InChI is InChI=1S/C18H21N/c1-3-16-12-17-14(2)8-7-11-18(17)19(16)13-15-9-5-4-6-10-15/h4-6,9-10,12H,2-3,7-8,11,13H2,1H3. The molecule has 0 radical (unpaired) electrons. The molecule has 3 rings (SSSR count). The maximum Gasteiger partial charge on any atom is 0.0475 e. The molecule has 1 aromatic carbocycles. The van der Waals surface area contributed by atoms with E-state index in [1.807, 2.05) is 0 Å². The lowest BCUT2D eigenvalue weighted by Crippen LogP contribution is -2.10. The van der Waals surface area contributed by atoms with E-state index in [0.29, 0.717) is 0 Å². The van der Waals surface area contributed by atoms with Gasteiger partial charge in [0.25, 0.3) is 0 Å². The van der Waals surface area contributed by atoms with Gasteiger partial charge in [0.1, 0.15) is 0 Å². The molecule has 1 aliphatic carbocycles. The van der Waals surface area contributed by atoms with E-state index in [1.165, 1.54) is 40.9 Å². The summed E-state index contributed by atoms with van der Waals surface area (Å²) in [5.41, 5.74) is 7.06. The SMILES string of the molecule is C=C1CCCc2c1cc(CC)n2Cc1ccccc1. The van der Waals surface area contributed by atoms with Gasteiger partial charge in [-0.3, -0.25) is 0 Å². The smallest absolute Gasteiger partial charge is 0.0475 e. The molecular formula is C18H21N. The number of nitrogens with zero attached hydrogens (tertiary/aromatic N) is 1. The Morgan fingerprint density at radius 1 is 1.16 bits per heavy atom. The Morgan fingerprint density at radius 3 is 2.68 bits per heavy atom. The average Bonchev–Trinajstić information content (AvgIpc) is 2.80. The van der Waals surface area contributed by atoms with Gasteiger partial charge in [-0.15, -0.1) is 0 Å². The second-order valence-electron chi connectivity index (χ2n) is 5.38. The number of aryl methyl sites for hydroxylation is 1. The fourth-order valence-electron chi connectivity index (χ4n) is 3.08. The van der Waals surface area contributed by atoms with Crippen LogP contribution >= 0.6 is 0 Å². The molecule has 2 aromatic rings. The molecule has 0 aliphatic heterocycles. The van der Waals surface area contributed by atoms with Crippen LogP contribution in [0.15, 0.2) is 43.0 Å². The van der Waals surface area contributed by atoms with Crippen molar-refractivity contribution in [2.45, 2.75) is 39.2 Å². The maximum atomic E-state index is 4.24. The Bertz CT molecular complexity index is 590. The molecule has 1 heterocycles. The van der Waals surface area contributed by atoms with Crippen molar-refractivity contribution in [1.29, 1.82) is 0 Å². The zero-order valence-corrected chi connectivity index (χ0v) is 11.7. The largest absolute Gasteiger partial charge is 0.344 e. The third-order valence-corrected chi connectivity index (χ3v) is 4.11. The molecule has 0 saturated carbocycles. The summed E-state index contributed by atoms with van der Waals surface area (Å²) >= 11 is 0. The highest BCUT2D eigenvalue weighted by Gasteiger charge is 2.19. The van der Waals surface area contributed by atoms with Crippen molar-refractivity contribution < 1.29 is 0 Å². The van der Waals surface area contributed by atoms with Crippen molar-refractivity contribution in [2.75, 3.05) is 0 Å². The van der Waals surface area contributed by atoms with Crippen LogP contribution in [0.3, 0.4) is 0 Å². The predicted octanol–water partition coefficient (Wildman–Crippen LogP) is 4.45. The zero-order chi connectivity index (χ0) is 13.2. The van der Waals surface area contributed by atoms with E-state index in [-0.39, 0.29) is 0 Å². The fraction of sp³-hybridized carbons (Fsp3) is 0.333. The number of rotatable bonds is 3. The van der Waals surface area contributed by atoms with Gasteiger partial charge in [-0.1, -0.05) is 43.8 Å². The van der Waals surface area contributed by atoms with E-state index in [4.69, 9.17) is 0 Å². The lowest BCUT2D eigenvalue weighted by molar-refractivity contribution is 0.672. The Labute approximate surface area is 115 Å². The Kier molecular flexibility index (Phi) is 3.29. The van der Waals surface area contributed by atoms with Crippen LogP contribution < -0.4 is 0 Å². The summed E-state index contributed by atoms with van der Waals surface area (Å²) in [5.74, 6) is 0. The van der Waals surface area contributed by atoms with Gasteiger partial charge in [-0.25, -0.2) is 0 Å².